The molecule has 2 N–H and O–H groups in total. The van der Waals surface area contributed by atoms with Crippen LogP contribution in [0.1, 0.15) is 81.3 Å². The van der Waals surface area contributed by atoms with E-state index in [1.807, 2.05) is 11.5 Å². The molecule has 0 bridgehead atoms. The predicted octanol–water partition coefficient (Wildman–Crippen LogP) is 3.76. The second-order valence-corrected chi connectivity index (χ2v) is 10.0. The lowest BCUT2D eigenvalue weighted by Crippen LogP contribution is -2.38. The van der Waals surface area contributed by atoms with Crippen LogP contribution >= 0.6 is 0 Å². The van der Waals surface area contributed by atoms with Crippen LogP contribution in [-0.4, -0.2) is 51.1 Å². The van der Waals surface area contributed by atoms with Crippen molar-refractivity contribution in [2.24, 2.45) is 0 Å². The highest BCUT2D eigenvalue weighted by Crippen LogP contribution is 2.39. The van der Waals surface area contributed by atoms with Crippen LogP contribution in [0.5, 0.6) is 0 Å². The Morgan fingerprint density at radius 2 is 1.97 bits per heavy atom. The van der Waals surface area contributed by atoms with Crippen molar-refractivity contribution in [3.63, 3.8) is 0 Å². The summed E-state index contributed by atoms with van der Waals surface area (Å²) >= 11 is 0. The molecule has 2 fully saturated rings. The number of halogens is 2. The van der Waals surface area contributed by atoms with Gasteiger partial charge in [-0.15, -0.1) is 0 Å². The number of rotatable bonds is 7. The lowest BCUT2D eigenvalue weighted by molar-refractivity contribution is -0.116. The molecule has 1 saturated heterocycles. The van der Waals surface area contributed by atoms with Crippen molar-refractivity contribution in [3.05, 3.63) is 29.6 Å². The van der Waals surface area contributed by atoms with Crippen LogP contribution in [-0.2, 0) is 17.3 Å². The van der Waals surface area contributed by atoms with Gasteiger partial charge in [0.2, 0.25) is 5.91 Å². The second-order valence-electron chi connectivity index (χ2n) is 10.0. The fraction of sp³-hybridized carbons (Fsp3) is 0.667. The number of aromatic nitrogens is 4. The van der Waals surface area contributed by atoms with E-state index in [4.69, 9.17) is 0 Å². The summed E-state index contributed by atoms with van der Waals surface area (Å²) in [5, 5.41) is 6.38. The van der Waals surface area contributed by atoms with Crippen LogP contribution in [0.4, 0.5) is 20.4 Å². The summed E-state index contributed by atoms with van der Waals surface area (Å²) in [6.45, 7) is 5.85. The van der Waals surface area contributed by atoms with E-state index in [1.54, 1.807) is 0 Å². The Bertz CT molecular complexity index is 1040. The molecule has 34 heavy (non-hydrogen) atoms. The molecule has 2 aliphatic heterocycles. The standard InChI is InChI=1S/C24H33F2N7O/c1-15-12-19(34)31-21-20(15)23(29-14-28-21)32-9-6-16(7-10-32)22-30-18(24(2,25)26)13-33(22)11-8-27-17-4-3-5-17/h13-17,27H,3-12H2,1-2H3,(H,28,29,31,34)/t15-/m1/s1. The summed E-state index contributed by atoms with van der Waals surface area (Å²) in [5.41, 5.74) is 0.833. The van der Waals surface area contributed by atoms with Gasteiger partial charge in [0, 0.05) is 63.2 Å². The lowest BCUT2D eigenvalue weighted by atomic mass is 9.92. The van der Waals surface area contributed by atoms with Gasteiger partial charge >= 0.3 is 0 Å². The number of carbonyl (C=O) groups excluding carboxylic acids is 1. The summed E-state index contributed by atoms with van der Waals surface area (Å²) in [6, 6.07) is 0.563. The summed E-state index contributed by atoms with van der Waals surface area (Å²) in [6.07, 6.45) is 8.72. The summed E-state index contributed by atoms with van der Waals surface area (Å²) in [4.78, 5) is 27.4. The first-order valence-corrected chi connectivity index (χ1v) is 12.4. The minimum Gasteiger partial charge on any atom is -0.356 e. The number of nitrogens with one attached hydrogen (secondary N) is 2. The monoisotopic (exact) mass is 473 g/mol. The van der Waals surface area contributed by atoms with Gasteiger partial charge in [0.1, 0.15) is 29.5 Å². The van der Waals surface area contributed by atoms with Crippen LogP contribution < -0.4 is 15.5 Å². The van der Waals surface area contributed by atoms with E-state index in [9.17, 15) is 13.6 Å². The fourth-order valence-corrected chi connectivity index (χ4v) is 5.25. The molecule has 4 heterocycles. The van der Waals surface area contributed by atoms with Crippen LogP contribution in [0.2, 0.25) is 0 Å². The molecule has 1 aliphatic carbocycles. The zero-order chi connectivity index (χ0) is 23.9. The maximum Gasteiger partial charge on any atom is 0.288 e. The average molecular weight is 474 g/mol. The number of carbonyl (C=O) groups is 1. The van der Waals surface area contributed by atoms with E-state index in [0.29, 0.717) is 24.8 Å². The third kappa shape index (κ3) is 4.64. The number of hydrogen-bond donors (Lipinski definition) is 2. The number of piperidine rings is 1. The highest BCUT2D eigenvalue weighted by atomic mass is 19.3. The van der Waals surface area contributed by atoms with Crippen molar-refractivity contribution in [3.8, 4) is 0 Å². The van der Waals surface area contributed by atoms with E-state index in [-0.39, 0.29) is 23.4 Å². The van der Waals surface area contributed by atoms with Crippen molar-refractivity contribution in [2.45, 2.75) is 82.7 Å². The Morgan fingerprint density at radius 1 is 1.21 bits per heavy atom. The number of nitrogens with zero attached hydrogens (tertiary/aromatic N) is 5. The van der Waals surface area contributed by atoms with E-state index >= 15 is 0 Å². The normalized spacial score (nSPS) is 21.8. The Balaban J connectivity index is 1.30. The fourth-order valence-electron chi connectivity index (χ4n) is 5.25. The highest BCUT2D eigenvalue weighted by Gasteiger charge is 2.34. The number of alkyl halides is 2. The first kappa shape index (κ1) is 23.1. The summed E-state index contributed by atoms with van der Waals surface area (Å²) in [7, 11) is 0. The third-order valence-corrected chi connectivity index (χ3v) is 7.41. The molecule has 8 nitrogen and oxygen atoms in total. The molecule has 1 amide bonds. The predicted molar refractivity (Wildman–Crippen MR) is 125 cm³/mol. The maximum atomic E-state index is 14.1. The van der Waals surface area contributed by atoms with Crippen LogP contribution in [0.25, 0.3) is 0 Å². The van der Waals surface area contributed by atoms with Crippen molar-refractivity contribution >= 4 is 17.5 Å². The third-order valence-electron chi connectivity index (χ3n) is 7.41. The van der Waals surface area contributed by atoms with Gasteiger partial charge in [-0.2, -0.15) is 8.78 Å². The number of amides is 1. The van der Waals surface area contributed by atoms with Gasteiger partial charge in [0.25, 0.3) is 5.92 Å². The van der Waals surface area contributed by atoms with E-state index in [2.05, 4.69) is 30.5 Å². The zero-order valence-corrected chi connectivity index (χ0v) is 19.9. The molecule has 0 radical (unpaired) electrons. The first-order valence-electron chi connectivity index (χ1n) is 12.4. The minimum atomic E-state index is -2.96. The van der Waals surface area contributed by atoms with Gasteiger partial charge in [-0.05, 0) is 31.6 Å². The van der Waals surface area contributed by atoms with Crippen molar-refractivity contribution < 1.29 is 13.6 Å². The van der Waals surface area contributed by atoms with Crippen LogP contribution in [0, 0.1) is 0 Å². The molecule has 1 saturated carbocycles. The SMILES string of the molecule is C[C@@H]1CC(=O)Nc2ncnc(N3CCC(c4nc(C(C)(F)F)cn4CCNC4CCC4)CC3)c21. The molecule has 10 heteroatoms. The molecule has 0 aromatic carbocycles. The minimum absolute atomic E-state index is 0.0227. The van der Waals surface area contributed by atoms with E-state index < -0.39 is 5.92 Å². The second kappa shape index (κ2) is 9.20. The molecule has 5 rings (SSSR count). The molecule has 1 atom stereocenters. The number of imidazole rings is 1. The number of anilines is 2. The highest BCUT2D eigenvalue weighted by molar-refractivity contribution is 5.94. The van der Waals surface area contributed by atoms with Gasteiger partial charge in [-0.1, -0.05) is 13.3 Å². The van der Waals surface area contributed by atoms with E-state index in [1.165, 1.54) is 31.8 Å². The number of fused-ring (bicyclic) bond motifs is 1. The molecule has 3 aliphatic rings. The average Bonchev–Trinajstić information content (AvgIpc) is 3.20. The quantitative estimate of drug-likeness (QED) is 0.637. The number of hydrogen-bond acceptors (Lipinski definition) is 6. The van der Waals surface area contributed by atoms with Crippen molar-refractivity contribution in [2.75, 3.05) is 29.9 Å². The lowest BCUT2D eigenvalue weighted by Gasteiger charge is -2.35. The largest absolute Gasteiger partial charge is 0.356 e. The molecule has 2 aromatic heterocycles. The molecule has 2 aromatic rings. The molecule has 0 spiro atoms. The topological polar surface area (TPSA) is 88.0 Å². The summed E-state index contributed by atoms with van der Waals surface area (Å²) in [5.74, 6) is -0.588. The Hall–Kier alpha value is -2.62. The van der Waals surface area contributed by atoms with Crippen molar-refractivity contribution in [1.29, 1.82) is 0 Å². The molecular formula is C24H33F2N7O. The van der Waals surface area contributed by atoms with Gasteiger partial charge in [0.05, 0.1) is 0 Å². The maximum absolute atomic E-state index is 14.1. The van der Waals surface area contributed by atoms with Crippen LogP contribution in [0.15, 0.2) is 12.5 Å². The van der Waals surface area contributed by atoms with Gasteiger partial charge in [-0.25, -0.2) is 15.0 Å². The molecular weight excluding hydrogens is 440 g/mol. The van der Waals surface area contributed by atoms with Gasteiger partial charge in [0.15, 0.2) is 0 Å². The van der Waals surface area contributed by atoms with Gasteiger partial charge in [-0.3, -0.25) is 4.79 Å². The zero-order valence-electron chi connectivity index (χ0n) is 19.9. The molecule has 0 unspecified atom stereocenters. The first-order chi connectivity index (χ1) is 16.3. The van der Waals surface area contributed by atoms with Gasteiger partial charge < -0.3 is 20.1 Å². The molecule has 184 valence electrons. The Morgan fingerprint density at radius 3 is 2.65 bits per heavy atom. The van der Waals surface area contributed by atoms with E-state index in [0.717, 1.165) is 56.6 Å². The Kier molecular flexibility index (Phi) is 6.26. The van der Waals surface area contributed by atoms with Crippen molar-refractivity contribution in [1.82, 2.24) is 24.8 Å². The van der Waals surface area contributed by atoms with Crippen LogP contribution in [0.3, 0.4) is 0 Å². The Labute approximate surface area is 198 Å². The smallest absolute Gasteiger partial charge is 0.288 e. The summed E-state index contributed by atoms with van der Waals surface area (Å²) < 4.78 is 30.1.